The summed E-state index contributed by atoms with van der Waals surface area (Å²) in [7, 11) is -2.78. The first-order chi connectivity index (χ1) is 9.27. The summed E-state index contributed by atoms with van der Waals surface area (Å²) >= 11 is 0. The van der Waals surface area contributed by atoms with Crippen LogP contribution in [0.5, 0.6) is 5.75 Å². The molecule has 0 aliphatic rings. The van der Waals surface area contributed by atoms with E-state index >= 15 is 0 Å². The number of sulfonamides is 1. The van der Waals surface area contributed by atoms with E-state index in [1.165, 1.54) is 13.2 Å². The average Bonchev–Trinajstić information content (AvgIpc) is 2.37. The molecular formula is C11H16N2O6S. The Morgan fingerprint density at radius 1 is 1.40 bits per heavy atom. The van der Waals surface area contributed by atoms with Crippen LogP contribution in [-0.2, 0) is 14.9 Å². The highest BCUT2D eigenvalue weighted by molar-refractivity contribution is 7.89. The smallest absolute Gasteiger partial charge is 0.271 e. The Hall–Kier alpha value is -1.71. The van der Waals surface area contributed by atoms with E-state index < -0.39 is 14.9 Å². The number of hydrogen-bond acceptors (Lipinski definition) is 6. The number of nitro benzene ring substituents is 1. The van der Waals surface area contributed by atoms with Crippen molar-refractivity contribution in [2.45, 2.75) is 18.7 Å². The molecule has 0 fully saturated rings. The molecule has 0 radical (unpaired) electrons. The van der Waals surface area contributed by atoms with Gasteiger partial charge in [0, 0.05) is 12.1 Å². The van der Waals surface area contributed by atoms with Crippen molar-refractivity contribution in [3.63, 3.8) is 0 Å². The van der Waals surface area contributed by atoms with Crippen LogP contribution in [-0.4, -0.2) is 27.1 Å². The number of benzene rings is 1. The van der Waals surface area contributed by atoms with Gasteiger partial charge in [0.1, 0.15) is 10.6 Å². The lowest BCUT2D eigenvalue weighted by Gasteiger charge is -2.11. The summed E-state index contributed by atoms with van der Waals surface area (Å²) in [6, 6.07) is 3.29. The van der Waals surface area contributed by atoms with Crippen LogP contribution in [0.4, 0.5) is 5.69 Å². The van der Waals surface area contributed by atoms with E-state index in [0.717, 1.165) is 12.1 Å². The maximum Gasteiger partial charge on any atom is 0.271 e. The molecule has 0 spiro atoms. The number of nitro groups is 1. The van der Waals surface area contributed by atoms with Crippen molar-refractivity contribution in [1.29, 1.82) is 0 Å². The minimum Gasteiger partial charge on any atom is -0.495 e. The van der Waals surface area contributed by atoms with Crippen LogP contribution >= 0.6 is 0 Å². The number of nitrogens with one attached hydrogen (secondary N) is 1. The van der Waals surface area contributed by atoms with Gasteiger partial charge in [-0.2, -0.15) is 0 Å². The number of non-ortho nitro benzene ring substituents is 1. The zero-order valence-electron chi connectivity index (χ0n) is 11.3. The maximum absolute atomic E-state index is 12.0. The normalized spacial score (nSPS) is 11.6. The first-order valence-corrected chi connectivity index (χ1v) is 7.22. The van der Waals surface area contributed by atoms with Gasteiger partial charge in [0.15, 0.2) is 0 Å². The van der Waals surface area contributed by atoms with Crippen molar-refractivity contribution in [3.8, 4) is 5.75 Å². The Morgan fingerprint density at radius 2 is 2.05 bits per heavy atom. The lowest BCUT2D eigenvalue weighted by atomic mass is 10.2. The Labute approximate surface area is 116 Å². The Bertz CT molecular complexity index is 585. The monoisotopic (exact) mass is 304 g/mol. The molecule has 1 N–H and O–H groups in total. The number of methoxy groups -OCH3 is 1. The molecule has 1 rings (SSSR count). The first kappa shape index (κ1) is 16.3. The molecule has 0 amide bonds. The molecular weight excluding hydrogens is 288 g/mol. The quantitative estimate of drug-likeness (QED) is 0.603. The molecule has 0 unspecified atom stereocenters. The van der Waals surface area contributed by atoms with Gasteiger partial charge in [0.25, 0.3) is 15.7 Å². The second-order valence-corrected chi connectivity index (χ2v) is 6.00. The van der Waals surface area contributed by atoms with Gasteiger partial charge in [0.05, 0.1) is 18.6 Å². The standard InChI is InChI=1S/C11H16N2O6S/c1-8(2)7-19-12-20(16,17)11-6-9(13(14)15)4-5-10(11)18-3/h4-6,8,12H,7H2,1-3H3. The van der Waals surface area contributed by atoms with Crippen LogP contribution in [0.15, 0.2) is 23.1 Å². The molecule has 0 aliphatic heterocycles. The minimum atomic E-state index is -4.06. The van der Waals surface area contributed by atoms with Gasteiger partial charge in [-0.3, -0.25) is 15.0 Å². The highest BCUT2D eigenvalue weighted by Gasteiger charge is 2.23. The fraction of sp³-hybridized carbons (Fsp3) is 0.455. The van der Waals surface area contributed by atoms with Crippen molar-refractivity contribution in [2.24, 2.45) is 5.92 Å². The van der Waals surface area contributed by atoms with E-state index in [2.05, 4.69) is 0 Å². The SMILES string of the molecule is COc1ccc([N+](=O)[O-])cc1S(=O)(=O)NOCC(C)C. The minimum absolute atomic E-state index is 0.00348. The molecule has 9 heteroatoms. The molecule has 1 aromatic rings. The summed E-state index contributed by atoms with van der Waals surface area (Å²) in [6.07, 6.45) is 0. The number of ether oxygens (including phenoxy) is 1. The van der Waals surface area contributed by atoms with Crippen molar-refractivity contribution >= 4 is 15.7 Å². The summed E-state index contributed by atoms with van der Waals surface area (Å²) in [4.78, 5) is 16.4. The molecule has 0 saturated carbocycles. The van der Waals surface area contributed by atoms with Crippen LogP contribution in [0.3, 0.4) is 0 Å². The average molecular weight is 304 g/mol. The van der Waals surface area contributed by atoms with Crippen LogP contribution in [0.25, 0.3) is 0 Å². The van der Waals surface area contributed by atoms with E-state index in [1.807, 2.05) is 18.7 Å². The zero-order chi connectivity index (χ0) is 15.3. The molecule has 0 aliphatic carbocycles. The van der Waals surface area contributed by atoms with E-state index in [4.69, 9.17) is 9.57 Å². The fourth-order valence-electron chi connectivity index (χ4n) is 1.31. The van der Waals surface area contributed by atoms with Gasteiger partial charge in [-0.1, -0.05) is 18.7 Å². The largest absolute Gasteiger partial charge is 0.495 e. The maximum atomic E-state index is 12.0. The van der Waals surface area contributed by atoms with E-state index in [-0.39, 0.29) is 28.9 Å². The predicted molar refractivity (Wildman–Crippen MR) is 70.8 cm³/mol. The molecule has 0 bridgehead atoms. The molecule has 0 saturated heterocycles. The summed E-state index contributed by atoms with van der Waals surface area (Å²) in [5.74, 6) is 0.126. The van der Waals surface area contributed by atoms with Crippen molar-refractivity contribution in [1.82, 2.24) is 4.89 Å². The van der Waals surface area contributed by atoms with Crippen LogP contribution < -0.4 is 9.62 Å². The Balaban J connectivity index is 3.08. The number of rotatable bonds is 7. The Morgan fingerprint density at radius 3 is 2.55 bits per heavy atom. The predicted octanol–water partition coefficient (Wildman–Crippen LogP) is 1.47. The topological polar surface area (TPSA) is 108 Å². The first-order valence-electron chi connectivity index (χ1n) is 5.74. The molecule has 0 heterocycles. The molecule has 20 heavy (non-hydrogen) atoms. The third kappa shape index (κ3) is 4.15. The number of hydrogen-bond donors (Lipinski definition) is 1. The van der Waals surface area contributed by atoms with Crippen molar-refractivity contribution < 1.29 is 22.9 Å². The second-order valence-electron chi connectivity index (χ2n) is 4.38. The highest BCUT2D eigenvalue weighted by atomic mass is 32.2. The van der Waals surface area contributed by atoms with Crippen molar-refractivity contribution in [2.75, 3.05) is 13.7 Å². The molecule has 8 nitrogen and oxygen atoms in total. The van der Waals surface area contributed by atoms with Gasteiger partial charge in [-0.25, -0.2) is 8.42 Å². The third-order valence-corrected chi connectivity index (χ3v) is 3.47. The third-order valence-electron chi connectivity index (χ3n) is 2.23. The van der Waals surface area contributed by atoms with Gasteiger partial charge in [0.2, 0.25) is 0 Å². The summed E-state index contributed by atoms with van der Waals surface area (Å²) in [5.41, 5.74) is -0.352. The van der Waals surface area contributed by atoms with Crippen LogP contribution in [0.2, 0.25) is 0 Å². The Kier molecular flexibility index (Phi) is 5.43. The van der Waals surface area contributed by atoms with Gasteiger partial charge < -0.3 is 4.74 Å². The van der Waals surface area contributed by atoms with E-state index in [1.54, 1.807) is 0 Å². The van der Waals surface area contributed by atoms with Crippen LogP contribution in [0.1, 0.15) is 13.8 Å². The van der Waals surface area contributed by atoms with Gasteiger partial charge in [-0.15, -0.1) is 0 Å². The number of nitrogens with zero attached hydrogens (tertiary/aromatic N) is 1. The highest BCUT2D eigenvalue weighted by Crippen LogP contribution is 2.27. The lowest BCUT2D eigenvalue weighted by Crippen LogP contribution is -2.26. The van der Waals surface area contributed by atoms with Crippen LogP contribution in [0, 0.1) is 16.0 Å². The summed E-state index contributed by atoms with van der Waals surface area (Å²) in [5, 5.41) is 10.7. The van der Waals surface area contributed by atoms with Gasteiger partial charge >= 0.3 is 0 Å². The zero-order valence-corrected chi connectivity index (χ0v) is 12.1. The van der Waals surface area contributed by atoms with E-state index in [9.17, 15) is 18.5 Å². The van der Waals surface area contributed by atoms with Crippen molar-refractivity contribution in [3.05, 3.63) is 28.3 Å². The fourth-order valence-corrected chi connectivity index (χ4v) is 2.32. The van der Waals surface area contributed by atoms with E-state index in [0.29, 0.717) is 0 Å². The summed E-state index contributed by atoms with van der Waals surface area (Å²) < 4.78 is 29.0. The summed E-state index contributed by atoms with van der Waals surface area (Å²) in [6.45, 7) is 3.88. The molecule has 1 aromatic carbocycles. The molecule has 0 aromatic heterocycles. The second kappa shape index (κ2) is 6.64. The molecule has 0 atom stereocenters. The lowest BCUT2D eigenvalue weighted by molar-refractivity contribution is -0.385. The van der Waals surface area contributed by atoms with Gasteiger partial charge in [-0.05, 0) is 12.0 Å². The molecule has 112 valence electrons.